The standard InChI is InChI=1S/C12H14BrNO3/c1-3-5-17-12-7-10(13)9(8-14-15)6-11(12)16-4-2/h3,6-8,15H,1,4-5H2,2H3/b14-8+. The quantitative estimate of drug-likeness (QED) is 0.380. The van der Waals surface area contributed by atoms with E-state index in [1.807, 2.05) is 6.92 Å². The van der Waals surface area contributed by atoms with Crippen molar-refractivity contribution < 1.29 is 14.7 Å². The molecule has 5 heteroatoms. The molecule has 17 heavy (non-hydrogen) atoms. The van der Waals surface area contributed by atoms with Crippen molar-refractivity contribution in [2.45, 2.75) is 6.92 Å². The number of nitrogens with zero attached hydrogens (tertiary/aromatic N) is 1. The van der Waals surface area contributed by atoms with E-state index in [1.54, 1.807) is 18.2 Å². The van der Waals surface area contributed by atoms with E-state index >= 15 is 0 Å². The first-order valence-corrected chi connectivity index (χ1v) is 5.89. The van der Waals surface area contributed by atoms with Gasteiger partial charge in [0.15, 0.2) is 11.5 Å². The zero-order valence-electron chi connectivity index (χ0n) is 9.52. The summed E-state index contributed by atoms with van der Waals surface area (Å²) in [6.07, 6.45) is 2.98. The summed E-state index contributed by atoms with van der Waals surface area (Å²) >= 11 is 3.36. The monoisotopic (exact) mass is 299 g/mol. The van der Waals surface area contributed by atoms with Crippen LogP contribution in [-0.2, 0) is 0 Å². The molecule has 1 aromatic carbocycles. The summed E-state index contributed by atoms with van der Waals surface area (Å²) in [5, 5.41) is 11.5. The molecule has 0 amide bonds. The minimum Gasteiger partial charge on any atom is -0.490 e. The van der Waals surface area contributed by atoms with Gasteiger partial charge < -0.3 is 14.7 Å². The van der Waals surface area contributed by atoms with Crippen molar-refractivity contribution in [1.29, 1.82) is 0 Å². The van der Waals surface area contributed by atoms with Crippen LogP contribution in [-0.4, -0.2) is 24.6 Å². The molecule has 0 aliphatic rings. The van der Waals surface area contributed by atoms with Gasteiger partial charge in [0.1, 0.15) is 6.61 Å². The lowest BCUT2D eigenvalue weighted by atomic mass is 10.2. The molecule has 0 aliphatic heterocycles. The summed E-state index contributed by atoms with van der Waals surface area (Å²) in [7, 11) is 0. The first-order chi connectivity index (χ1) is 8.22. The van der Waals surface area contributed by atoms with Crippen LogP contribution in [0.2, 0.25) is 0 Å². The van der Waals surface area contributed by atoms with E-state index in [-0.39, 0.29) is 0 Å². The number of ether oxygens (including phenoxy) is 2. The minimum atomic E-state index is 0.403. The van der Waals surface area contributed by atoms with Gasteiger partial charge in [0, 0.05) is 10.0 Å². The van der Waals surface area contributed by atoms with E-state index in [1.165, 1.54) is 6.21 Å². The van der Waals surface area contributed by atoms with E-state index in [9.17, 15) is 0 Å². The van der Waals surface area contributed by atoms with E-state index < -0.39 is 0 Å². The predicted octanol–water partition coefficient (Wildman–Crippen LogP) is 3.22. The summed E-state index contributed by atoms with van der Waals surface area (Å²) in [5.74, 6) is 1.22. The largest absolute Gasteiger partial charge is 0.490 e. The van der Waals surface area contributed by atoms with Crippen molar-refractivity contribution in [2.24, 2.45) is 5.16 Å². The zero-order valence-corrected chi connectivity index (χ0v) is 11.1. The van der Waals surface area contributed by atoms with Gasteiger partial charge in [0.05, 0.1) is 12.8 Å². The Bertz CT molecular complexity index is 418. The molecule has 0 radical (unpaired) electrons. The summed E-state index contributed by atoms with van der Waals surface area (Å²) in [4.78, 5) is 0. The lowest BCUT2D eigenvalue weighted by Gasteiger charge is -2.12. The third-order valence-corrected chi connectivity index (χ3v) is 2.60. The maximum absolute atomic E-state index is 8.54. The summed E-state index contributed by atoms with van der Waals surface area (Å²) in [5.41, 5.74) is 0.710. The highest BCUT2D eigenvalue weighted by molar-refractivity contribution is 9.10. The number of hydrogen-bond acceptors (Lipinski definition) is 4. The van der Waals surface area contributed by atoms with Gasteiger partial charge in [-0.15, -0.1) is 0 Å². The van der Waals surface area contributed by atoms with Crippen LogP contribution < -0.4 is 9.47 Å². The van der Waals surface area contributed by atoms with Crippen molar-refractivity contribution in [1.82, 2.24) is 0 Å². The van der Waals surface area contributed by atoms with Gasteiger partial charge in [-0.05, 0) is 35.0 Å². The molecule has 0 aliphatic carbocycles. The molecule has 92 valence electrons. The Kier molecular flexibility index (Phi) is 5.56. The van der Waals surface area contributed by atoms with Gasteiger partial charge in [-0.3, -0.25) is 0 Å². The lowest BCUT2D eigenvalue weighted by Crippen LogP contribution is -2.00. The van der Waals surface area contributed by atoms with Crippen LogP contribution in [0.15, 0.2) is 34.4 Å². The van der Waals surface area contributed by atoms with Crippen LogP contribution in [0.5, 0.6) is 11.5 Å². The van der Waals surface area contributed by atoms with Crippen LogP contribution in [0.25, 0.3) is 0 Å². The molecule has 0 saturated heterocycles. The molecule has 0 saturated carbocycles. The average Bonchev–Trinajstić information content (AvgIpc) is 2.32. The van der Waals surface area contributed by atoms with Crippen LogP contribution in [0, 0.1) is 0 Å². The van der Waals surface area contributed by atoms with Crippen molar-refractivity contribution in [3.63, 3.8) is 0 Å². The van der Waals surface area contributed by atoms with Crippen LogP contribution in [0.4, 0.5) is 0 Å². The lowest BCUT2D eigenvalue weighted by molar-refractivity contribution is 0.296. The highest BCUT2D eigenvalue weighted by atomic mass is 79.9. The second kappa shape index (κ2) is 6.96. The fourth-order valence-electron chi connectivity index (χ4n) is 1.24. The van der Waals surface area contributed by atoms with Crippen LogP contribution in [0.1, 0.15) is 12.5 Å². The van der Waals surface area contributed by atoms with E-state index in [4.69, 9.17) is 14.7 Å². The smallest absolute Gasteiger partial charge is 0.162 e. The first kappa shape index (κ1) is 13.6. The minimum absolute atomic E-state index is 0.403. The number of hydrogen-bond donors (Lipinski definition) is 1. The predicted molar refractivity (Wildman–Crippen MR) is 70.4 cm³/mol. The summed E-state index contributed by atoms with van der Waals surface area (Å²) in [6, 6.07) is 3.51. The molecule has 0 aromatic heterocycles. The molecule has 0 spiro atoms. The highest BCUT2D eigenvalue weighted by Gasteiger charge is 2.09. The van der Waals surface area contributed by atoms with Crippen molar-refractivity contribution in [2.75, 3.05) is 13.2 Å². The third-order valence-electron chi connectivity index (χ3n) is 1.92. The first-order valence-electron chi connectivity index (χ1n) is 5.10. The maximum atomic E-state index is 8.54. The molecule has 0 atom stereocenters. The molecule has 0 unspecified atom stereocenters. The van der Waals surface area contributed by atoms with Gasteiger partial charge in [-0.2, -0.15) is 0 Å². The number of rotatable bonds is 6. The Labute approximate surface area is 109 Å². The van der Waals surface area contributed by atoms with Gasteiger partial charge >= 0.3 is 0 Å². The topological polar surface area (TPSA) is 51.0 Å². The molecule has 0 fully saturated rings. The SMILES string of the molecule is C=CCOc1cc(Br)c(/C=N/O)cc1OCC. The second-order valence-corrected chi connectivity index (χ2v) is 3.95. The fraction of sp³-hybridized carbons (Fsp3) is 0.250. The Morgan fingerprint density at radius 3 is 2.71 bits per heavy atom. The normalized spacial score (nSPS) is 10.5. The van der Waals surface area contributed by atoms with E-state index in [0.717, 1.165) is 4.47 Å². The molecular weight excluding hydrogens is 286 g/mol. The van der Waals surface area contributed by atoms with Gasteiger partial charge in [0.25, 0.3) is 0 Å². The fourth-order valence-corrected chi connectivity index (χ4v) is 1.67. The van der Waals surface area contributed by atoms with E-state index in [2.05, 4.69) is 27.7 Å². The Hall–Kier alpha value is -1.49. The van der Waals surface area contributed by atoms with Crippen molar-refractivity contribution in [3.05, 3.63) is 34.8 Å². The number of halogens is 1. The van der Waals surface area contributed by atoms with Gasteiger partial charge in [-0.1, -0.05) is 17.8 Å². The molecule has 0 bridgehead atoms. The van der Waals surface area contributed by atoms with Gasteiger partial charge in [-0.25, -0.2) is 0 Å². The zero-order chi connectivity index (χ0) is 12.7. The Morgan fingerprint density at radius 2 is 2.12 bits per heavy atom. The van der Waals surface area contributed by atoms with Gasteiger partial charge in [0.2, 0.25) is 0 Å². The summed E-state index contributed by atoms with van der Waals surface area (Å²) in [6.45, 7) is 6.41. The molecular formula is C12H14BrNO3. The summed E-state index contributed by atoms with van der Waals surface area (Å²) < 4.78 is 11.7. The molecule has 1 rings (SSSR count). The third kappa shape index (κ3) is 3.78. The molecule has 1 aromatic rings. The van der Waals surface area contributed by atoms with Crippen LogP contribution in [0.3, 0.4) is 0 Å². The molecule has 1 N–H and O–H groups in total. The Balaban J connectivity index is 3.10. The second-order valence-electron chi connectivity index (χ2n) is 3.10. The molecule has 0 heterocycles. The number of benzene rings is 1. The van der Waals surface area contributed by atoms with Crippen molar-refractivity contribution >= 4 is 22.1 Å². The number of oxime groups is 1. The maximum Gasteiger partial charge on any atom is 0.162 e. The van der Waals surface area contributed by atoms with Crippen molar-refractivity contribution in [3.8, 4) is 11.5 Å². The average molecular weight is 300 g/mol. The molecule has 4 nitrogen and oxygen atoms in total. The van der Waals surface area contributed by atoms with Crippen LogP contribution >= 0.6 is 15.9 Å². The van der Waals surface area contributed by atoms with E-state index in [0.29, 0.717) is 30.3 Å². The highest BCUT2D eigenvalue weighted by Crippen LogP contribution is 2.33. The Morgan fingerprint density at radius 1 is 1.41 bits per heavy atom.